The molecule has 6 heteroatoms. The molecule has 0 fully saturated rings. The second kappa shape index (κ2) is 5.16. The number of hydrogen-bond donors (Lipinski definition) is 2. The van der Waals surface area contributed by atoms with Crippen LogP contribution in [0.25, 0.3) is 11.4 Å². The Hall–Kier alpha value is -1.92. The number of benzene rings is 1. The average Bonchev–Trinajstić information content (AvgIpc) is 2.87. The van der Waals surface area contributed by atoms with E-state index in [4.69, 9.17) is 20.1 Å². The monoisotopic (exact) mass is 249 g/mol. The van der Waals surface area contributed by atoms with E-state index in [-0.39, 0.29) is 12.5 Å². The van der Waals surface area contributed by atoms with E-state index < -0.39 is 6.04 Å². The lowest BCUT2D eigenvalue weighted by Crippen LogP contribution is -2.14. The van der Waals surface area contributed by atoms with Gasteiger partial charge in [0.2, 0.25) is 11.7 Å². The molecule has 0 amide bonds. The van der Waals surface area contributed by atoms with Crippen LogP contribution in [0, 0.1) is 6.92 Å². The first-order valence-corrected chi connectivity index (χ1v) is 5.50. The van der Waals surface area contributed by atoms with Gasteiger partial charge in [-0.3, -0.25) is 0 Å². The Bertz CT molecular complexity index is 539. The Morgan fingerprint density at radius 1 is 1.50 bits per heavy atom. The largest absolute Gasteiger partial charge is 0.496 e. The highest BCUT2D eigenvalue weighted by Gasteiger charge is 2.17. The fraction of sp³-hybridized carbons (Fsp3) is 0.333. The molecule has 3 N–H and O–H groups in total. The predicted octanol–water partition coefficient (Wildman–Crippen LogP) is 1.05. The van der Waals surface area contributed by atoms with E-state index in [1.54, 1.807) is 7.11 Å². The van der Waals surface area contributed by atoms with Crippen molar-refractivity contribution in [2.24, 2.45) is 5.73 Å². The van der Waals surface area contributed by atoms with Crippen molar-refractivity contribution in [3.8, 4) is 17.1 Å². The normalized spacial score (nSPS) is 12.4. The number of ether oxygens (including phenoxy) is 1. The molecule has 0 bridgehead atoms. The summed E-state index contributed by atoms with van der Waals surface area (Å²) in [5, 5.41) is 12.8. The first kappa shape index (κ1) is 12.5. The van der Waals surface area contributed by atoms with Gasteiger partial charge in [-0.25, -0.2) is 0 Å². The first-order chi connectivity index (χ1) is 8.65. The number of aliphatic hydroxyl groups is 1. The molecule has 0 radical (unpaired) electrons. The summed E-state index contributed by atoms with van der Waals surface area (Å²) in [6.45, 7) is 1.72. The lowest BCUT2D eigenvalue weighted by atomic mass is 10.1. The summed E-state index contributed by atoms with van der Waals surface area (Å²) in [4.78, 5) is 4.15. The van der Waals surface area contributed by atoms with E-state index >= 15 is 0 Å². The molecule has 0 aliphatic heterocycles. The van der Waals surface area contributed by atoms with Gasteiger partial charge in [0.15, 0.2) is 0 Å². The van der Waals surface area contributed by atoms with E-state index in [0.29, 0.717) is 11.6 Å². The van der Waals surface area contributed by atoms with Gasteiger partial charge in [-0.15, -0.1) is 0 Å². The second-order valence-corrected chi connectivity index (χ2v) is 3.95. The zero-order valence-electron chi connectivity index (χ0n) is 10.3. The van der Waals surface area contributed by atoms with Crippen molar-refractivity contribution in [1.82, 2.24) is 10.1 Å². The number of rotatable bonds is 4. The molecule has 2 rings (SSSR count). The van der Waals surface area contributed by atoms with Gasteiger partial charge in [-0.1, -0.05) is 11.2 Å². The molecule has 0 spiro atoms. The zero-order chi connectivity index (χ0) is 13.1. The van der Waals surface area contributed by atoms with Gasteiger partial charge in [0.1, 0.15) is 11.8 Å². The van der Waals surface area contributed by atoms with Crippen molar-refractivity contribution in [3.05, 3.63) is 29.7 Å². The first-order valence-electron chi connectivity index (χ1n) is 5.50. The molecule has 0 saturated heterocycles. The van der Waals surface area contributed by atoms with Crippen molar-refractivity contribution in [2.45, 2.75) is 13.0 Å². The molecule has 18 heavy (non-hydrogen) atoms. The highest BCUT2D eigenvalue weighted by Crippen LogP contribution is 2.29. The molecule has 0 aliphatic carbocycles. The van der Waals surface area contributed by atoms with Crippen LogP contribution in [0.5, 0.6) is 5.75 Å². The number of aryl methyl sites for hydroxylation is 1. The summed E-state index contributed by atoms with van der Waals surface area (Å²) >= 11 is 0. The lowest BCUT2D eigenvalue weighted by molar-refractivity contribution is 0.237. The molecule has 1 atom stereocenters. The maximum atomic E-state index is 8.93. The molecule has 0 saturated carbocycles. The Morgan fingerprint density at radius 3 is 2.94 bits per heavy atom. The fourth-order valence-electron chi connectivity index (χ4n) is 1.56. The number of nitrogens with two attached hydrogens (primary N) is 1. The van der Waals surface area contributed by atoms with Crippen LogP contribution >= 0.6 is 0 Å². The number of aliphatic hydroxyl groups excluding tert-OH is 1. The summed E-state index contributed by atoms with van der Waals surface area (Å²) in [5.41, 5.74) is 7.40. The van der Waals surface area contributed by atoms with Crippen LogP contribution < -0.4 is 10.5 Å². The molecule has 96 valence electrons. The third-order valence-corrected chi connectivity index (χ3v) is 2.55. The van der Waals surface area contributed by atoms with Crippen molar-refractivity contribution < 1.29 is 14.4 Å². The molecule has 0 aliphatic rings. The number of methoxy groups -OCH3 is 1. The minimum Gasteiger partial charge on any atom is -0.496 e. The number of aromatic nitrogens is 2. The lowest BCUT2D eigenvalue weighted by Gasteiger charge is -2.05. The van der Waals surface area contributed by atoms with E-state index in [9.17, 15) is 0 Å². The average molecular weight is 249 g/mol. The molecular formula is C12H15N3O3. The maximum absolute atomic E-state index is 8.93. The molecular weight excluding hydrogens is 234 g/mol. The third kappa shape index (κ3) is 2.34. The predicted molar refractivity (Wildman–Crippen MR) is 65.0 cm³/mol. The van der Waals surface area contributed by atoms with Crippen LogP contribution in [0.4, 0.5) is 0 Å². The highest BCUT2D eigenvalue weighted by atomic mass is 16.5. The summed E-state index contributed by atoms with van der Waals surface area (Å²) in [5.74, 6) is 1.26. The summed E-state index contributed by atoms with van der Waals surface area (Å²) in [7, 11) is 1.58. The smallest absolute Gasteiger partial charge is 0.246 e. The standard InChI is InChI=1S/C12H15N3O3/c1-7-3-4-8(10(5-7)17-2)11-14-12(18-15-11)9(13)6-16/h3-5,9,16H,6,13H2,1-2H3/t9-/m0/s1. The molecule has 2 aromatic rings. The van der Waals surface area contributed by atoms with Crippen molar-refractivity contribution in [2.75, 3.05) is 13.7 Å². The number of nitrogens with zero attached hydrogens (tertiary/aromatic N) is 2. The van der Waals surface area contributed by atoms with E-state index in [1.807, 2.05) is 25.1 Å². The minimum absolute atomic E-state index is 0.204. The SMILES string of the molecule is COc1cc(C)ccc1-c1noc([C@@H](N)CO)n1. The maximum Gasteiger partial charge on any atom is 0.246 e. The van der Waals surface area contributed by atoms with Crippen LogP contribution in [0.2, 0.25) is 0 Å². The van der Waals surface area contributed by atoms with Gasteiger partial charge in [-0.05, 0) is 24.6 Å². The minimum atomic E-state index is -0.664. The molecule has 1 aromatic heterocycles. The van der Waals surface area contributed by atoms with Gasteiger partial charge in [0.25, 0.3) is 0 Å². The van der Waals surface area contributed by atoms with Crippen LogP contribution in [-0.4, -0.2) is 29.0 Å². The fourth-order valence-corrected chi connectivity index (χ4v) is 1.56. The van der Waals surface area contributed by atoms with E-state index in [0.717, 1.165) is 11.1 Å². The van der Waals surface area contributed by atoms with Gasteiger partial charge >= 0.3 is 0 Å². The topological polar surface area (TPSA) is 94.4 Å². The van der Waals surface area contributed by atoms with Gasteiger partial charge in [0.05, 0.1) is 19.3 Å². The van der Waals surface area contributed by atoms with E-state index in [1.165, 1.54) is 0 Å². The number of hydrogen-bond acceptors (Lipinski definition) is 6. The van der Waals surface area contributed by atoms with Crippen molar-refractivity contribution in [3.63, 3.8) is 0 Å². The third-order valence-electron chi connectivity index (χ3n) is 2.55. The van der Waals surface area contributed by atoms with Crippen LogP contribution in [0.1, 0.15) is 17.5 Å². The van der Waals surface area contributed by atoms with E-state index in [2.05, 4.69) is 10.1 Å². The van der Waals surface area contributed by atoms with Gasteiger partial charge in [-0.2, -0.15) is 4.98 Å². The molecule has 1 heterocycles. The Balaban J connectivity index is 2.39. The zero-order valence-corrected chi connectivity index (χ0v) is 10.3. The molecule has 0 unspecified atom stereocenters. The van der Waals surface area contributed by atoms with Crippen LogP contribution in [0.3, 0.4) is 0 Å². The quantitative estimate of drug-likeness (QED) is 0.840. The van der Waals surface area contributed by atoms with Gasteiger partial charge < -0.3 is 20.1 Å². The summed E-state index contributed by atoms with van der Waals surface area (Å²) in [6, 6.07) is 5.01. The Kier molecular flexibility index (Phi) is 3.59. The second-order valence-electron chi connectivity index (χ2n) is 3.95. The summed E-state index contributed by atoms with van der Waals surface area (Å²) < 4.78 is 10.3. The van der Waals surface area contributed by atoms with Crippen LogP contribution in [0.15, 0.2) is 22.7 Å². The molecule has 1 aromatic carbocycles. The highest BCUT2D eigenvalue weighted by molar-refractivity contribution is 5.64. The summed E-state index contributed by atoms with van der Waals surface area (Å²) in [6.07, 6.45) is 0. The van der Waals surface area contributed by atoms with Crippen molar-refractivity contribution >= 4 is 0 Å². The van der Waals surface area contributed by atoms with Crippen molar-refractivity contribution in [1.29, 1.82) is 0 Å². The molecule has 6 nitrogen and oxygen atoms in total. The van der Waals surface area contributed by atoms with Gasteiger partial charge in [0, 0.05) is 0 Å². The Labute approximate surface area is 104 Å². The Morgan fingerprint density at radius 2 is 2.28 bits per heavy atom. The van der Waals surface area contributed by atoms with Crippen LogP contribution in [-0.2, 0) is 0 Å².